The first-order chi connectivity index (χ1) is 7.10. The highest BCUT2D eigenvalue weighted by molar-refractivity contribution is 5.75. The van der Waals surface area contributed by atoms with Crippen molar-refractivity contribution in [3.05, 3.63) is 10.1 Å². The molecule has 0 unspecified atom stereocenters. The summed E-state index contributed by atoms with van der Waals surface area (Å²) in [4.78, 5) is 22.0. The van der Waals surface area contributed by atoms with Crippen molar-refractivity contribution >= 4 is 5.91 Å². The van der Waals surface area contributed by atoms with Gasteiger partial charge in [-0.05, 0) is 12.8 Å². The van der Waals surface area contributed by atoms with Gasteiger partial charge >= 0.3 is 0 Å². The highest BCUT2D eigenvalue weighted by Crippen LogP contribution is 2.34. The van der Waals surface area contributed by atoms with Crippen LogP contribution in [-0.4, -0.2) is 23.4 Å². The summed E-state index contributed by atoms with van der Waals surface area (Å²) in [6, 6.07) is 0. The molecule has 0 aliphatic heterocycles. The highest BCUT2D eigenvalue weighted by Gasteiger charge is 2.43. The molecule has 0 spiro atoms. The predicted octanol–water partition coefficient (Wildman–Crippen LogP) is 1.49. The Bertz CT molecular complexity index is 247. The first kappa shape index (κ1) is 11.9. The van der Waals surface area contributed by atoms with Crippen LogP contribution in [0.15, 0.2) is 0 Å². The van der Waals surface area contributed by atoms with Gasteiger partial charge in [-0.15, -0.1) is 0 Å². The minimum absolute atomic E-state index is 0.109. The lowest BCUT2D eigenvalue weighted by Crippen LogP contribution is -2.41. The molecule has 15 heavy (non-hydrogen) atoms. The Kier molecular flexibility index (Phi) is 4.05. The second kappa shape index (κ2) is 5.09. The molecule has 0 aromatic rings. The molecule has 1 N–H and O–H groups in total. The zero-order chi connectivity index (χ0) is 11.3. The van der Waals surface area contributed by atoms with Crippen molar-refractivity contribution in [1.82, 2.24) is 5.32 Å². The maximum atomic E-state index is 11.1. The summed E-state index contributed by atoms with van der Waals surface area (Å²) >= 11 is 0. The Hall–Kier alpha value is -1.13. The van der Waals surface area contributed by atoms with Crippen LogP contribution in [0.3, 0.4) is 0 Å². The Morgan fingerprint density at radius 2 is 2.00 bits per heavy atom. The van der Waals surface area contributed by atoms with Gasteiger partial charge in [0.2, 0.25) is 11.4 Å². The van der Waals surface area contributed by atoms with E-state index in [0.29, 0.717) is 19.3 Å². The maximum absolute atomic E-state index is 11.1. The standard InChI is InChI=1S/C10H18N2O3/c1-11-9(13)5-8-10(12(14)15)6-3-2-4-7-10/h2-8H2,1H3,(H,11,13). The lowest BCUT2D eigenvalue weighted by molar-refractivity contribution is -0.576. The van der Waals surface area contributed by atoms with Crippen LogP contribution in [0.1, 0.15) is 44.9 Å². The Labute approximate surface area is 89.4 Å². The van der Waals surface area contributed by atoms with E-state index in [1.165, 1.54) is 0 Å². The van der Waals surface area contributed by atoms with Gasteiger partial charge < -0.3 is 5.32 Å². The summed E-state index contributed by atoms with van der Waals surface area (Å²) in [5, 5.41) is 13.6. The van der Waals surface area contributed by atoms with Crippen molar-refractivity contribution in [2.24, 2.45) is 0 Å². The summed E-state index contributed by atoms with van der Waals surface area (Å²) in [5.74, 6) is -0.109. The lowest BCUT2D eigenvalue weighted by Gasteiger charge is -2.28. The molecular formula is C10H18N2O3. The molecule has 5 nitrogen and oxygen atoms in total. The molecule has 0 aromatic carbocycles. The largest absolute Gasteiger partial charge is 0.359 e. The van der Waals surface area contributed by atoms with Crippen LogP contribution < -0.4 is 5.32 Å². The third-order valence-electron chi connectivity index (χ3n) is 3.27. The van der Waals surface area contributed by atoms with Crippen LogP contribution in [0.25, 0.3) is 0 Å². The van der Waals surface area contributed by atoms with Crippen molar-refractivity contribution in [2.75, 3.05) is 7.05 Å². The minimum Gasteiger partial charge on any atom is -0.359 e. The van der Waals surface area contributed by atoms with Crippen molar-refractivity contribution in [1.29, 1.82) is 0 Å². The van der Waals surface area contributed by atoms with E-state index in [-0.39, 0.29) is 17.3 Å². The summed E-state index contributed by atoms with van der Waals surface area (Å²) in [6.45, 7) is 0. The first-order valence-corrected chi connectivity index (χ1v) is 5.46. The molecule has 1 rings (SSSR count). The molecule has 1 amide bonds. The molecule has 1 aliphatic carbocycles. The van der Waals surface area contributed by atoms with Gasteiger partial charge in [0.05, 0.1) is 0 Å². The quantitative estimate of drug-likeness (QED) is 0.569. The average molecular weight is 214 g/mol. The van der Waals surface area contributed by atoms with Crippen LogP contribution in [0.5, 0.6) is 0 Å². The number of hydrogen-bond acceptors (Lipinski definition) is 3. The molecule has 0 heterocycles. The van der Waals surface area contributed by atoms with Crippen molar-refractivity contribution in [3.8, 4) is 0 Å². The summed E-state index contributed by atoms with van der Waals surface area (Å²) in [5.41, 5.74) is -0.829. The van der Waals surface area contributed by atoms with Crippen LogP contribution >= 0.6 is 0 Å². The van der Waals surface area contributed by atoms with E-state index in [1.807, 2.05) is 0 Å². The molecule has 5 heteroatoms. The van der Waals surface area contributed by atoms with Crippen LogP contribution in [0, 0.1) is 10.1 Å². The molecule has 1 fully saturated rings. The fourth-order valence-corrected chi connectivity index (χ4v) is 2.20. The normalized spacial score (nSPS) is 19.5. The summed E-state index contributed by atoms with van der Waals surface area (Å²) < 4.78 is 0. The zero-order valence-electron chi connectivity index (χ0n) is 9.12. The van der Waals surface area contributed by atoms with Gasteiger partial charge in [0, 0.05) is 37.7 Å². The third-order valence-corrected chi connectivity index (χ3v) is 3.27. The monoisotopic (exact) mass is 214 g/mol. The van der Waals surface area contributed by atoms with Crippen LogP contribution in [-0.2, 0) is 4.79 Å². The van der Waals surface area contributed by atoms with Gasteiger partial charge in [0.25, 0.3) is 0 Å². The molecule has 0 atom stereocenters. The molecule has 1 aliphatic rings. The van der Waals surface area contributed by atoms with Gasteiger partial charge in [-0.1, -0.05) is 6.42 Å². The highest BCUT2D eigenvalue weighted by atomic mass is 16.6. The number of nitrogens with one attached hydrogen (secondary N) is 1. The van der Waals surface area contributed by atoms with Crippen LogP contribution in [0.2, 0.25) is 0 Å². The Balaban J connectivity index is 2.57. The number of carbonyl (C=O) groups excluding carboxylic acids is 1. The van der Waals surface area contributed by atoms with Gasteiger partial charge in [-0.25, -0.2) is 0 Å². The zero-order valence-corrected chi connectivity index (χ0v) is 9.12. The van der Waals surface area contributed by atoms with E-state index < -0.39 is 5.54 Å². The Morgan fingerprint density at radius 1 is 1.40 bits per heavy atom. The van der Waals surface area contributed by atoms with Gasteiger partial charge in [-0.3, -0.25) is 14.9 Å². The van der Waals surface area contributed by atoms with Crippen molar-refractivity contribution < 1.29 is 9.72 Å². The average Bonchev–Trinajstić information content (AvgIpc) is 2.27. The van der Waals surface area contributed by atoms with E-state index in [4.69, 9.17) is 0 Å². The van der Waals surface area contributed by atoms with E-state index in [1.54, 1.807) is 7.05 Å². The summed E-state index contributed by atoms with van der Waals surface area (Å²) in [6.07, 6.45) is 4.78. The lowest BCUT2D eigenvalue weighted by atomic mass is 9.79. The number of nitro groups is 1. The number of amides is 1. The molecule has 0 saturated heterocycles. The molecule has 0 radical (unpaired) electrons. The smallest absolute Gasteiger partial charge is 0.222 e. The van der Waals surface area contributed by atoms with Crippen molar-refractivity contribution in [3.63, 3.8) is 0 Å². The third kappa shape index (κ3) is 2.91. The van der Waals surface area contributed by atoms with E-state index in [0.717, 1.165) is 19.3 Å². The molecule has 0 aromatic heterocycles. The van der Waals surface area contributed by atoms with E-state index in [2.05, 4.69) is 5.32 Å². The SMILES string of the molecule is CNC(=O)CCC1([N+](=O)[O-])CCCCC1. The topological polar surface area (TPSA) is 72.2 Å². The van der Waals surface area contributed by atoms with Crippen LogP contribution in [0.4, 0.5) is 0 Å². The number of rotatable bonds is 4. The molecule has 0 bridgehead atoms. The minimum atomic E-state index is -0.829. The fraction of sp³-hybridized carbons (Fsp3) is 0.900. The van der Waals surface area contributed by atoms with Crippen molar-refractivity contribution in [2.45, 2.75) is 50.5 Å². The molecular weight excluding hydrogens is 196 g/mol. The van der Waals surface area contributed by atoms with E-state index in [9.17, 15) is 14.9 Å². The first-order valence-electron chi connectivity index (χ1n) is 5.46. The second-order valence-corrected chi connectivity index (χ2v) is 4.22. The van der Waals surface area contributed by atoms with Gasteiger partial charge in [0.15, 0.2) is 0 Å². The van der Waals surface area contributed by atoms with E-state index >= 15 is 0 Å². The maximum Gasteiger partial charge on any atom is 0.222 e. The fourth-order valence-electron chi connectivity index (χ4n) is 2.20. The number of nitrogens with zero attached hydrogens (tertiary/aromatic N) is 1. The molecule has 1 saturated carbocycles. The Morgan fingerprint density at radius 3 is 2.47 bits per heavy atom. The number of hydrogen-bond donors (Lipinski definition) is 1. The second-order valence-electron chi connectivity index (χ2n) is 4.22. The predicted molar refractivity (Wildman–Crippen MR) is 56.1 cm³/mol. The van der Waals surface area contributed by atoms with Gasteiger partial charge in [-0.2, -0.15) is 0 Å². The van der Waals surface area contributed by atoms with Gasteiger partial charge in [0.1, 0.15) is 0 Å². The molecule has 86 valence electrons. The number of carbonyl (C=O) groups is 1. The summed E-state index contributed by atoms with van der Waals surface area (Å²) in [7, 11) is 1.56.